The van der Waals surface area contributed by atoms with Gasteiger partial charge in [-0.15, -0.1) is 0 Å². The zero-order valence-corrected chi connectivity index (χ0v) is 9.94. The Labute approximate surface area is 81.3 Å². The first kappa shape index (κ1) is 10.6. The van der Waals surface area contributed by atoms with Gasteiger partial charge in [0.1, 0.15) is 0 Å². The summed E-state index contributed by atoms with van der Waals surface area (Å²) in [6, 6.07) is 0. The highest BCUT2D eigenvalue weighted by molar-refractivity contribution is 9.11. The second-order valence-electron chi connectivity index (χ2n) is 1.35. The number of halogens is 2. The van der Waals surface area contributed by atoms with E-state index in [4.69, 9.17) is 3.63 Å². The molecule has 0 aliphatic carbocycles. The first-order valence-corrected chi connectivity index (χ1v) is 5.84. The molecule has 0 aromatic rings. The van der Waals surface area contributed by atoms with Gasteiger partial charge in [-0.2, -0.15) is 0 Å². The molecule has 0 saturated heterocycles. The van der Waals surface area contributed by atoms with Crippen LogP contribution in [0.2, 0.25) is 0 Å². The van der Waals surface area contributed by atoms with Crippen LogP contribution in [-0.4, -0.2) is 8.32 Å². The van der Waals surface area contributed by atoms with E-state index in [1.54, 1.807) is 0 Å². The summed E-state index contributed by atoms with van der Waals surface area (Å²) >= 11 is 9.49. The van der Waals surface area contributed by atoms with Crippen LogP contribution in [-0.2, 0) is 3.63 Å². The van der Waals surface area contributed by atoms with E-state index in [1.165, 1.54) is 24.1 Å². The third-order valence-electron chi connectivity index (χ3n) is 0.344. The second kappa shape index (κ2) is 6.34. The zero-order chi connectivity index (χ0) is 7.28. The van der Waals surface area contributed by atoms with Crippen molar-refractivity contribution in [2.45, 2.75) is 22.2 Å². The van der Waals surface area contributed by atoms with Crippen LogP contribution in [0.5, 0.6) is 0 Å². The lowest BCUT2D eigenvalue weighted by Gasteiger charge is -2.02. The van der Waals surface area contributed by atoms with Crippen molar-refractivity contribution in [2.75, 3.05) is 0 Å². The molecule has 0 heterocycles. The molecule has 0 fully saturated rings. The topological polar surface area (TPSA) is 9.23 Å². The minimum Gasteiger partial charge on any atom is -0.245 e. The molecule has 0 bridgehead atoms. The molecule has 0 spiro atoms. The molecule has 0 radical (unpaired) electrons. The highest BCUT2D eigenvalue weighted by Crippen LogP contribution is 2.28. The average Bonchev–Trinajstić information content (AvgIpc) is 1.63. The smallest absolute Gasteiger partial charge is 0.0847 e. The van der Waals surface area contributed by atoms with Gasteiger partial charge in [0.05, 0.1) is 8.32 Å². The van der Waals surface area contributed by atoms with E-state index in [0.29, 0.717) is 8.32 Å². The minimum absolute atomic E-state index is 0.358. The van der Waals surface area contributed by atoms with Crippen LogP contribution in [0.15, 0.2) is 0 Å². The highest BCUT2D eigenvalue weighted by Gasteiger charge is 2.00. The van der Waals surface area contributed by atoms with E-state index < -0.39 is 0 Å². The normalized spacial score (nSPS) is 17.3. The largest absolute Gasteiger partial charge is 0.245 e. The van der Waals surface area contributed by atoms with Crippen LogP contribution in [0.25, 0.3) is 0 Å². The van der Waals surface area contributed by atoms with Gasteiger partial charge in [0.15, 0.2) is 0 Å². The minimum atomic E-state index is 0.358. The van der Waals surface area contributed by atoms with Crippen molar-refractivity contribution in [1.29, 1.82) is 0 Å². The summed E-state index contributed by atoms with van der Waals surface area (Å²) in [5, 5.41) is 0. The summed E-state index contributed by atoms with van der Waals surface area (Å²) in [6.07, 6.45) is 0. The number of hydrogen-bond donors (Lipinski definition) is 0. The van der Waals surface area contributed by atoms with Crippen LogP contribution < -0.4 is 0 Å². The number of alkyl halides is 2. The number of rotatable bonds is 4. The molecule has 5 heteroatoms. The lowest BCUT2D eigenvalue weighted by atomic mass is 11.0. The zero-order valence-electron chi connectivity index (χ0n) is 5.14. The van der Waals surface area contributed by atoms with Crippen LogP contribution >= 0.6 is 55.9 Å². The Hall–Kier alpha value is 1.62. The van der Waals surface area contributed by atoms with Gasteiger partial charge in [0.2, 0.25) is 0 Å². The SMILES string of the molecule is CC(Br)SOSC(C)Br. The first-order valence-electron chi connectivity index (χ1n) is 2.40. The van der Waals surface area contributed by atoms with Gasteiger partial charge in [-0.05, 0) is 13.8 Å². The Kier molecular flexibility index (Phi) is 7.48. The van der Waals surface area contributed by atoms with Crippen LogP contribution in [0.4, 0.5) is 0 Å². The Bertz CT molecular complexity index is 61.6. The molecule has 0 N–H and O–H groups in total. The predicted octanol–water partition coefficient (Wildman–Crippen LogP) is 3.78. The van der Waals surface area contributed by atoms with E-state index in [0.717, 1.165) is 0 Å². The molecule has 2 atom stereocenters. The van der Waals surface area contributed by atoms with Gasteiger partial charge in [-0.3, -0.25) is 0 Å². The van der Waals surface area contributed by atoms with Gasteiger partial charge in [-0.1, -0.05) is 31.9 Å². The van der Waals surface area contributed by atoms with E-state index in [-0.39, 0.29) is 0 Å². The fourth-order valence-electron chi connectivity index (χ4n) is 0.131. The Morgan fingerprint density at radius 2 is 1.44 bits per heavy atom. The average molecular weight is 296 g/mol. The third kappa shape index (κ3) is 9.62. The summed E-state index contributed by atoms with van der Waals surface area (Å²) in [5.41, 5.74) is 0. The fraction of sp³-hybridized carbons (Fsp3) is 1.00. The summed E-state index contributed by atoms with van der Waals surface area (Å²) in [4.78, 5) is 0. The van der Waals surface area contributed by atoms with Gasteiger partial charge >= 0.3 is 0 Å². The molecular weight excluding hydrogens is 288 g/mol. The molecule has 0 aliphatic heterocycles. The van der Waals surface area contributed by atoms with Crippen molar-refractivity contribution in [3.63, 3.8) is 0 Å². The summed E-state index contributed by atoms with van der Waals surface area (Å²) in [6.45, 7) is 4.04. The summed E-state index contributed by atoms with van der Waals surface area (Å²) in [7, 11) is 0. The predicted molar refractivity (Wildman–Crippen MR) is 53.0 cm³/mol. The van der Waals surface area contributed by atoms with Crippen molar-refractivity contribution in [3.05, 3.63) is 0 Å². The summed E-state index contributed by atoms with van der Waals surface area (Å²) < 4.78 is 5.81. The maximum absolute atomic E-state index is 5.10. The lowest BCUT2D eigenvalue weighted by molar-refractivity contribution is 0.755. The second-order valence-corrected chi connectivity index (χ2v) is 7.65. The Morgan fingerprint density at radius 3 is 1.67 bits per heavy atom. The van der Waals surface area contributed by atoms with Crippen molar-refractivity contribution in [2.24, 2.45) is 0 Å². The Morgan fingerprint density at radius 1 is 1.11 bits per heavy atom. The first-order chi connectivity index (χ1) is 4.13. The van der Waals surface area contributed by atoms with Gasteiger partial charge in [-0.25, -0.2) is 3.63 Å². The molecule has 1 nitrogen and oxygen atoms in total. The number of hydrogen-bond acceptors (Lipinski definition) is 3. The third-order valence-corrected chi connectivity index (χ3v) is 2.42. The van der Waals surface area contributed by atoms with E-state index in [1.807, 2.05) is 13.8 Å². The molecule has 0 rings (SSSR count). The molecule has 0 amide bonds. The van der Waals surface area contributed by atoms with E-state index in [9.17, 15) is 0 Å². The fourth-order valence-corrected chi connectivity index (χ4v) is 2.30. The Balaban J connectivity index is 2.91. The van der Waals surface area contributed by atoms with Crippen molar-refractivity contribution in [1.82, 2.24) is 0 Å². The molecule has 0 aromatic heterocycles. The van der Waals surface area contributed by atoms with E-state index in [2.05, 4.69) is 31.9 Å². The maximum atomic E-state index is 5.10. The van der Waals surface area contributed by atoms with Crippen molar-refractivity contribution >= 4 is 55.9 Å². The van der Waals surface area contributed by atoms with Crippen LogP contribution in [0, 0.1) is 0 Å². The molecule has 9 heavy (non-hydrogen) atoms. The molecular formula is C4H8Br2OS2. The maximum Gasteiger partial charge on any atom is 0.0847 e. The molecule has 2 unspecified atom stereocenters. The standard InChI is InChI=1S/C4H8Br2OS2/c1-3(5)8-7-9-4(2)6/h3-4H,1-2H3. The van der Waals surface area contributed by atoms with Crippen LogP contribution in [0.3, 0.4) is 0 Å². The molecule has 56 valence electrons. The quantitative estimate of drug-likeness (QED) is 0.577. The van der Waals surface area contributed by atoms with Crippen LogP contribution in [0.1, 0.15) is 13.8 Å². The van der Waals surface area contributed by atoms with Crippen molar-refractivity contribution in [3.8, 4) is 0 Å². The van der Waals surface area contributed by atoms with Gasteiger partial charge < -0.3 is 0 Å². The van der Waals surface area contributed by atoms with Crippen molar-refractivity contribution < 1.29 is 3.63 Å². The van der Waals surface area contributed by atoms with Gasteiger partial charge in [0, 0.05) is 24.1 Å². The van der Waals surface area contributed by atoms with E-state index >= 15 is 0 Å². The monoisotopic (exact) mass is 294 g/mol. The molecule has 0 aromatic carbocycles. The summed E-state index contributed by atoms with van der Waals surface area (Å²) in [5.74, 6) is 0. The molecule has 0 saturated carbocycles. The highest BCUT2D eigenvalue weighted by atomic mass is 79.9. The lowest BCUT2D eigenvalue weighted by Crippen LogP contribution is -1.83. The molecule has 0 aliphatic rings. The van der Waals surface area contributed by atoms with Gasteiger partial charge in [0.25, 0.3) is 0 Å².